The molecule has 1 aliphatic rings. The molecule has 0 heterocycles. The molecule has 2 rings (SSSR count). The number of benzene rings is 1. The van der Waals surface area contributed by atoms with Crippen LogP contribution in [0.5, 0.6) is 5.75 Å². The molecule has 2 atom stereocenters. The van der Waals surface area contributed by atoms with Crippen molar-refractivity contribution in [2.24, 2.45) is 5.92 Å². The van der Waals surface area contributed by atoms with Crippen LogP contribution >= 0.6 is 11.6 Å². The number of aliphatic hydroxyl groups is 1. The van der Waals surface area contributed by atoms with E-state index >= 15 is 0 Å². The van der Waals surface area contributed by atoms with Crippen molar-refractivity contribution < 1.29 is 23.0 Å². The lowest BCUT2D eigenvalue weighted by Crippen LogP contribution is -2.38. The van der Waals surface area contributed by atoms with Crippen molar-refractivity contribution in [3.63, 3.8) is 0 Å². The second-order valence-corrected chi connectivity index (χ2v) is 5.62. The molecule has 0 radical (unpaired) electrons. The van der Waals surface area contributed by atoms with E-state index in [2.05, 4.69) is 0 Å². The highest BCUT2D eigenvalue weighted by Gasteiger charge is 2.47. The molecule has 0 aliphatic heterocycles. The van der Waals surface area contributed by atoms with Crippen LogP contribution < -0.4 is 4.74 Å². The standard InChI is InChI=1S/C14H16ClF3O2/c1-20-12-7-9(4-5-11(12)15)13(19)6-2-3-10(8-13)14(16,17)18/h4-5,7,10,19H,2-3,6,8H2,1H3. The number of hydrogen-bond acceptors (Lipinski definition) is 2. The minimum absolute atomic E-state index is 0.0660. The van der Waals surface area contributed by atoms with Crippen molar-refractivity contribution >= 4 is 11.6 Å². The number of methoxy groups -OCH3 is 1. The second kappa shape index (κ2) is 5.45. The van der Waals surface area contributed by atoms with Crippen LogP contribution in [0.4, 0.5) is 13.2 Å². The number of halogens is 4. The molecule has 1 fully saturated rings. The Morgan fingerprint density at radius 1 is 1.40 bits per heavy atom. The summed E-state index contributed by atoms with van der Waals surface area (Å²) in [4.78, 5) is 0. The lowest BCUT2D eigenvalue weighted by molar-refractivity contribution is -0.201. The SMILES string of the molecule is COc1cc(C2(O)CCCC(C(F)(F)F)C2)ccc1Cl. The molecule has 2 unspecified atom stereocenters. The van der Waals surface area contributed by atoms with Crippen LogP contribution in [0.15, 0.2) is 18.2 Å². The van der Waals surface area contributed by atoms with Gasteiger partial charge in [-0.3, -0.25) is 0 Å². The molecule has 2 nitrogen and oxygen atoms in total. The topological polar surface area (TPSA) is 29.5 Å². The highest BCUT2D eigenvalue weighted by molar-refractivity contribution is 6.32. The van der Waals surface area contributed by atoms with Gasteiger partial charge in [0.05, 0.1) is 23.7 Å². The summed E-state index contributed by atoms with van der Waals surface area (Å²) in [5, 5.41) is 11.0. The van der Waals surface area contributed by atoms with E-state index in [-0.39, 0.29) is 12.8 Å². The fourth-order valence-electron chi connectivity index (χ4n) is 2.74. The minimum Gasteiger partial charge on any atom is -0.495 e. The third-order valence-corrected chi connectivity index (χ3v) is 4.19. The zero-order valence-corrected chi connectivity index (χ0v) is 11.8. The summed E-state index contributed by atoms with van der Waals surface area (Å²) in [5.41, 5.74) is -1.05. The van der Waals surface area contributed by atoms with Crippen LogP contribution in [-0.2, 0) is 5.60 Å². The van der Waals surface area contributed by atoms with Crippen molar-refractivity contribution in [2.45, 2.75) is 37.5 Å². The monoisotopic (exact) mass is 308 g/mol. The molecule has 0 saturated heterocycles. The van der Waals surface area contributed by atoms with E-state index in [1.165, 1.54) is 19.2 Å². The van der Waals surface area contributed by atoms with E-state index in [9.17, 15) is 18.3 Å². The number of ether oxygens (including phenoxy) is 1. The Balaban J connectivity index is 2.30. The first kappa shape index (κ1) is 15.4. The summed E-state index contributed by atoms with van der Waals surface area (Å²) in [6.07, 6.45) is -3.88. The third-order valence-electron chi connectivity index (χ3n) is 3.88. The van der Waals surface area contributed by atoms with Crippen molar-refractivity contribution in [1.29, 1.82) is 0 Å². The van der Waals surface area contributed by atoms with E-state index < -0.39 is 17.7 Å². The molecule has 0 amide bonds. The Morgan fingerprint density at radius 2 is 2.10 bits per heavy atom. The van der Waals surface area contributed by atoms with E-state index in [1.807, 2.05) is 0 Å². The first-order chi connectivity index (χ1) is 9.26. The van der Waals surface area contributed by atoms with E-state index in [0.29, 0.717) is 29.2 Å². The van der Waals surface area contributed by atoms with Crippen LogP contribution in [0.25, 0.3) is 0 Å². The van der Waals surface area contributed by atoms with Gasteiger partial charge < -0.3 is 9.84 Å². The zero-order valence-electron chi connectivity index (χ0n) is 11.0. The van der Waals surface area contributed by atoms with Gasteiger partial charge >= 0.3 is 6.18 Å². The first-order valence-corrected chi connectivity index (χ1v) is 6.77. The summed E-state index contributed by atoms with van der Waals surface area (Å²) in [6, 6.07) is 4.61. The molecule has 6 heteroatoms. The van der Waals surface area contributed by atoms with E-state index in [1.54, 1.807) is 6.07 Å². The van der Waals surface area contributed by atoms with E-state index in [4.69, 9.17) is 16.3 Å². The minimum atomic E-state index is -4.27. The quantitative estimate of drug-likeness (QED) is 0.883. The molecule has 1 aromatic rings. The summed E-state index contributed by atoms with van der Waals surface area (Å²) in [7, 11) is 1.43. The molecule has 20 heavy (non-hydrogen) atoms. The van der Waals surface area contributed by atoms with E-state index in [0.717, 1.165) is 0 Å². The van der Waals surface area contributed by atoms with Crippen LogP contribution in [0.1, 0.15) is 31.2 Å². The van der Waals surface area contributed by atoms with Crippen molar-refractivity contribution in [3.8, 4) is 5.75 Å². The van der Waals surface area contributed by atoms with Gasteiger partial charge in [-0.1, -0.05) is 17.7 Å². The highest BCUT2D eigenvalue weighted by atomic mass is 35.5. The lowest BCUT2D eigenvalue weighted by Gasteiger charge is -2.38. The van der Waals surface area contributed by atoms with Crippen LogP contribution in [-0.4, -0.2) is 18.4 Å². The van der Waals surface area contributed by atoms with Gasteiger partial charge in [0.1, 0.15) is 5.75 Å². The maximum Gasteiger partial charge on any atom is 0.391 e. The van der Waals surface area contributed by atoms with Gasteiger partial charge in [-0.15, -0.1) is 0 Å². The predicted molar refractivity (Wildman–Crippen MR) is 69.9 cm³/mol. The van der Waals surface area contributed by atoms with Gasteiger partial charge in [-0.05, 0) is 43.4 Å². The van der Waals surface area contributed by atoms with Gasteiger partial charge in [0.2, 0.25) is 0 Å². The molecule has 0 bridgehead atoms. The molecule has 1 N–H and O–H groups in total. The van der Waals surface area contributed by atoms with Crippen LogP contribution in [0.3, 0.4) is 0 Å². The van der Waals surface area contributed by atoms with Crippen molar-refractivity contribution in [2.75, 3.05) is 7.11 Å². The average Bonchev–Trinajstić information content (AvgIpc) is 2.38. The number of hydrogen-bond donors (Lipinski definition) is 1. The lowest BCUT2D eigenvalue weighted by atomic mass is 9.74. The molecule has 0 aromatic heterocycles. The normalized spacial score (nSPS) is 27.4. The first-order valence-electron chi connectivity index (χ1n) is 6.39. The molecular weight excluding hydrogens is 293 g/mol. The molecule has 1 saturated carbocycles. The second-order valence-electron chi connectivity index (χ2n) is 5.22. The maximum atomic E-state index is 12.9. The zero-order chi connectivity index (χ0) is 15.0. The van der Waals surface area contributed by atoms with Gasteiger partial charge in [0.15, 0.2) is 0 Å². The fourth-order valence-corrected chi connectivity index (χ4v) is 2.94. The molecular formula is C14H16ClF3O2. The van der Waals surface area contributed by atoms with Gasteiger partial charge in [0, 0.05) is 0 Å². The Hall–Kier alpha value is -0.940. The third kappa shape index (κ3) is 3.04. The average molecular weight is 309 g/mol. The molecule has 1 aliphatic carbocycles. The summed E-state index contributed by atoms with van der Waals surface area (Å²) < 4.78 is 43.6. The Morgan fingerprint density at radius 3 is 2.70 bits per heavy atom. The highest BCUT2D eigenvalue weighted by Crippen LogP contribution is 2.46. The molecule has 1 aromatic carbocycles. The van der Waals surface area contributed by atoms with Crippen LogP contribution in [0, 0.1) is 5.92 Å². The molecule has 0 spiro atoms. The summed E-state index contributed by atoms with van der Waals surface area (Å²) in [6.45, 7) is 0. The van der Waals surface area contributed by atoms with Crippen molar-refractivity contribution in [3.05, 3.63) is 28.8 Å². The fraction of sp³-hybridized carbons (Fsp3) is 0.571. The van der Waals surface area contributed by atoms with Gasteiger partial charge in [-0.25, -0.2) is 0 Å². The largest absolute Gasteiger partial charge is 0.495 e. The number of rotatable bonds is 2. The van der Waals surface area contributed by atoms with Crippen LogP contribution in [0.2, 0.25) is 5.02 Å². The smallest absolute Gasteiger partial charge is 0.391 e. The maximum absolute atomic E-state index is 12.9. The van der Waals surface area contributed by atoms with Gasteiger partial charge in [-0.2, -0.15) is 13.2 Å². The predicted octanol–water partition coefficient (Wildman–Crippen LogP) is 4.29. The Labute approximate surface area is 120 Å². The summed E-state index contributed by atoms with van der Waals surface area (Å²) >= 11 is 5.90. The Bertz CT molecular complexity index is 490. The summed E-state index contributed by atoms with van der Waals surface area (Å²) in [5.74, 6) is -1.12. The molecule has 112 valence electrons. The Kier molecular flexibility index (Phi) is 4.21. The van der Waals surface area contributed by atoms with Gasteiger partial charge in [0.25, 0.3) is 0 Å². The van der Waals surface area contributed by atoms with Crippen molar-refractivity contribution in [1.82, 2.24) is 0 Å². The number of alkyl halides is 3.